The van der Waals surface area contributed by atoms with E-state index in [0.717, 1.165) is 17.3 Å². The predicted molar refractivity (Wildman–Crippen MR) is 46.1 cm³/mol. The lowest BCUT2D eigenvalue weighted by Crippen LogP contribution is -2.12. The Morgan fingerprint density at radius 3 is 3.31 bits per heavy atom. The average molecular weight is 173 g/mol. The van der Waals surface area contributed by atoms with E-state index < -0.39 is 0 Å². The first-order valence-corrected chi connectivity index (χ1v) is 4.04. The highest BCUT2D eigenvalue weighted by molar-refractivity contribution is 5.60. The molecule has 0 unspecified atom stereocenters. The number of pyridine rings is 1. The lowest BCUT2D eigenvalue weighted by atomic mass is 10.3. The van der Waals surface area contributed by atoms with E-state index in [2.05, 4.69) is 9.97 Å². The molecule has 0 aromatic carbocycles. The first kappa shape index (κ1) is 6.65. The van der Waals surface area contributed by atoms with Crippen molar-refractivity contribution in [2.45, 2.75) is 6.73 Å². The predicted octanol–water partition coefficient (Wildman–Crippen LogP) is 1.29. The van der Waals surface area contributed by atoms with Crippen molar-refractivity contribution in [1.29, 1.82) is 0 Å². The quantitative estimate of drug-likeness (QED) is 0.602. The molecule has 4 heteroatoms. The maximum absolute atomic E-state index is 5.47. The topological polar surface area (TPSA) is 39.9 Å². The van der Waals surface area contributed by atoms with Crippen molar-refractivity contribution in [1.82, 2.24) is 14.5 Å². The van der Waals surface area contributed by atoms with Crippen LogP contribution in [0.25, 0.3) is 11.5 Å². The summed E-state index contributed by atoms with van der Waals surface area (Å²) in [6.07, 6.45) is 5.38. The van der Waals surface area contributed by atoms with Gasteiger partial charge in [0.15, 0.2) is 18.3 Å². The van der Waals surface area contributed by atoms with Crippen molar-refractivity contribution in [3.05, 3.63) is 30.7 Å². The fourth-order valence-corrected chi connectivity index (χ4v) is 1.44. The van der Waals surface area contributed by atoms with Gasteiger partial charge in [-0.1, -0.05) is 0 Å². The number of rotatable bonds is 0. The van der Waals surface area contributed by atoms with E-state index in [9.17, 15) is 0 Å². The van der Waals surface area contributed by atoms with Gasteiger partial charge < -0.3 is 4.74 Å². The maximum Gasteiger partial charge on any atom is 0.166 e. The Hall–Kier alpha value is -1.84. The smallest absolute Gasteiger partial charge is 0.166 e. The van der Waals surface area contributed by atoms with Gasteiger partial charge in [0, 0.05) is 18.6 Å². The van der Waals surface area contributed by atoms with Crippen LogP contribution in [0.1, 0.15) is 0 Å². The van der Waals surface area contributed by atoms with Gasteiger partial charge >= 0.3 is 0 Å². The summed E-state index contributed by atoms with van der Waals surface area (Å²) < 4.78 is 7.39. The van der Waals surface area contributed by atoms with E-state index >= 15 is 0 Å². The zero-order valence-corrected chi connectivity index (χ0v) is 6.84. The second-order valence-corrected chi connectivity index (χ2v) is 2.84. The molecular formula is C9H7N3O. The molecule has 3 rings (SSSR count). The number of aromatic nitrogens is 3. The molecule has 64 valence electrons. The van der Waals surface area contributed by atoms with Crippen LogP contribution < -0.4 is 4.74 Å². The molecule has 2 aromatic rings. The molecule has 0 N–H and O–H groups in total. The van der Waals surface area contributed by atoms with Crippen molar-refractivity contribution in [2.24, 2.45) is 0 Å². The summed E-state index contributed by atoms with van der Waals surface area (Å²) in [6.45, 7) is 0.522. The summed E-state index contributed by atoms with van der Waals surface area (Å²) in [7, 11) is 0. The third-order valence-electron chi connectivity index (χ3n) is 2.06. The van der Waals surface area contributed by atoms with Gasteiger partial charge in [-0.3, -0.25) is 4.57 Å². The SMILES string of the molecule is c1cnc2c(c1)OCn1ccnc1-2. The van der Waals surface area contributed by atoms with Gasteiger partial charge in [0.05, 0.1) is 0 Å². The molecule has 0 radical (unpaired) electrons. The Kier molecular flexibility index (Phi) is 1.19. The molecule has 3 heterocycles. The van der Waals surface area contributed by atoms with Gasteiger partial charge in [-0.2, -0.15) is 0 Å². The van der Waals surface area contributed by atoms with E-state index in [-0.39, 0.29) is 0 Å². The molecule has 13 heavy (non-hydrogen) atoms. The Bertz CT molecular complexity index is 450. The number of hydrogen-bond acceptors (Lipinski definition) is 3. The Morgan fingerprint density at radius 2 is 2.31 bits per heavy atom. The van der Waals surface area contributed by atoms with Crippen LogP contribution in [0.15, 0.2) is 30.7 Å². The highest BCUT2D eigenvalue weighted by atomic mass is 16.5. The summed E-state index contributed by atoms with van der Waals surface area (Å²) >= 11 is 0. The van der Waals surface area contributed by atoms with E-state index in [0.29, 0.717) is 6.73 Å². The van der Waals surface area contributed by atoms with Crippen molar-refractivity contribution in [3.8, 4) is 17.3 Å². The summed E-state index contributed by atoms with van der Waals surface area (Å²) in [5.74, 6) is 1.68. The summed E-state index contributed by atoms with van der Waals surface area (Å²) in [5, 5.41) is 0. The fourth-order valence-electron chi connectivity index (χ4n) is 1.44. The standard InChI is InChI=1S/C9H7N3O/c1-2-7-8(10-3-1)9-11-4-5-12(9)6-13-7/h1-5H,6H2. The number of hydrogen-bond donors (Lipinski definition) is 0. The minimum absolute atomic E-state index is 0.522. The van der Waals surface area contributed by atoms with E-state index in [1.807, 2.05) is 22.9 Å². The molecule has 0 saturated heterocycles. The molecule has 0 atom stereocenters. The van der Waals surface area contributed by atoms with Gasteiger partial charge in [0.1, 0.15) is 5.69 Å². The van der Waals surface area contributed by atoms with Crippen LogP contribution in [0, 0.1) is 0 Å². The largest absolute Gasteiger partial charge is 0.470 e. The van der Waals surface area contributed by atoms with Crippen LogP contribution in [-0.2, 0) is 6.73 Å². The average Bonchev–Trinajstić information content (AvgIpc) is 2.65. The van der Waals surface area contributed by atoms with Crippen LogP contribution in [0.4, 0.5) is 0 Å². The lowest BCUT2D eigenvalue weighted by molar-refractivity contribution is 0.228. The van der Waals surface area contributed by atoms with Crippen molar-refractivity contribution < 1.29 is 4.74 Å². The van der Waals surface area contributed by atoms with E-state index in [4.69, 9.17) is 4.74 Å². The van der Waals surface area contributed by atoms with Gasteiger partial charge in [0.2, 0.25) is 0 Å². The molecular weight excluding hydrogens is 166 g/mol. The van der Waals surface area contributed by atoms with Crippen LogP contribution in [0.5, 0.6) is 5.75 Å². The highest BCUT2D eigenvalue weighted by Gasteiger charge is 2.17. The molecule has 0 bridgehead atoms. The minimum Gasteiger partial charge on any atom is -0.470 e. The normalized spacial score (nSPS) is 12.9. The van der Waals surface area contributed by atoms with Gasteiger partial charge in [-0.25, -0.2) is 9.97 Å². The van der Waals surface area contributed by atoms with E-state index in [1.54, 1.807) is 12.4 Å². The second kappa shape index (κ2) is 2.32. The first-order chi connectivity index (χ1) is 6.45. The molecule has 0 spiro atoms. The Labute approximate surface area is 74.8 Å². The molecule has 4 nitrogen and oxygen atoms in total. The fraction of sp³-hybridized carbons (Fsp3) is 0.111. The lowest BCUT2D eigenvalue weighted by Gasteiger charge is -2.17. The minimum atomic E-state index is 0.522. The molecule has 1 aliphatic heterocycles. The zero-order valence-electron chi connectivity index (χ0n) is 6.84. The number of fused-ring (bicyclic) bond motifs is 3. The molecule has 0 aliphatic carbocycles. The monoisotopic (exact) mass is 173 g/mol. The van der Waals surface area contributed by atoms with Crippen LogP contribution in [0.2, 0.25) is 0 Å². The second-order valence-electron chi connectivity index (χ2n) is 2.84. The number of ether oxygens (including phenoxy) is 1. The first-order valence-electron chi connectivity index (χ1n) is 4.04. The third-order valence-corrected chi connectivity index (χ3v) is 2.06. The molecule has 2 aromatic heterocycles. The third kappa shape index (κ3) is 0.853. The van der Waals surface area contributed by atoms with Crippen molar-refractivity contribution >= 4 is 0 Å². The Morgan fingerprint density at radius 1 is 1.31 bits per heavy atom. The van der Waals surface area contributed by atoms with Crippen molar-refractivity contribution in [2.75, 3.05) is 0 Å². The number of nitrogens with zero attached hydrogens (tertiary/aromatic N) is 3. The summed E-state index contributed by atoms with van der Waals surface area (Å²) in [6, 6.07) is 3.76. The van der Waals surface area contributed by atoms with Gasteiger partial charge in [-0.15, -0.1) is 0 Å². The van der Waals surface area contributed by atoms with E-state index in [1.165, 1.54) is 0 Å². The number of imidazole rings is 1. The van der Waals surface area contributed by atoms with Crippen LogP contribution >= 0.6 is 0 Å². The highest BCUT2D eigenvalue weighted by Crippen LogP contribution is 2.29. The summed E-state index contributed by atoms with van der Waals surface area (Å²) in [4.78, 5) is 8.44. The van der Waals surface area contributed by atoms with Gasteiger partial charge in [-0.05, 0) is 12.1 Å². The van der Waals surface area contributed by atoms with Gasteiger partial charge in [0.25, 0.3) is 0 Å². The molecule has 0 fully saturated rings. The zero-order chi connectivity index (χ0) is 8.67. The van der Waals surface area contributed by atoms with Crippen molar-refractivity contribution in [3.63, 3.8) is 0 Å². The summed E-state index contributed by atoms with van der Waals surface area (Å²) in [5.41, 5.74) is 0.818. The van der Waals surface area contributed by atoms with Crippen LogP contribution in [-0.4, -0.2) is 14.5 Å². The van der Waals surface area contributed by atoms with Crippen LogP contribution in [0.3, 0.4) is 0 Å². The molecule has 1 aliphatic rings. The molecule has 0 amide bonds. The maximum atomic E-state index is 5.47. The molecule has 0 saturated carbocycles. The Balaban J connectivity index is 2.30.